The second kappa shape index (κ2) is 6.98. The first-order valence-electron chi connectivity index (χ1n) is 2.16. The van der Waals surface area contributed by atoms with Crippen molar-refractivity contribution >= 4 is 27.6 Å². The summed E-state index contributed by atoms with van der Waals surface area (Å²) in [4.78, 5) is 20.4. The van der Waals surface area contributed by atoms with Crippen LogP contribution in [0.5, 0.6) is 0 Å². The van der Waals surface area contributed by atoms with E-state index in [1.54, 1.807) is 0 Å². The van der Waals surface area contributed by atoms with Crippen molar-refractivity contribution in [2.24, 2.45) is 0 Å². The van der Waals surface area contributed by atoms with E-state index in [9.17, 15) is 9.59 Å². The third kappa shape index (κ3) is 12.1. The first kappa shape index (κ1) is 12.5. The number of carbonyl (C=O) groups is 2. The Bertz CT molecular complexity index is 101. The molecular weight excluding hydrogens is 248 g/mol. The molecule has 0 saturated carbocycles. The summed E-state index contributed by atoms with van der Waals surface area (Å²) in [6.45, 7) is 3.02. The monoisotopic (exact) mass is 256 g/mol. The van der Waals surface area contributed by atoms with Gasteiger partial charge in [-0.05, 0) is 30.4 Å². The first-order valence-corrected chi connectivity index (χ1v) is 5.16. The van der Waals surface area contributed by atoms with Gasteiger partial charge in [-0.15, -0.1) is 0 Å². The maximum atomic E-state index is 10.2. The Kier molecular flexibility index (Phi) is 9.71. The second-order valence-corrected chi connectivity index (χ2v) is 4.77. The van der Waals surface area contributed by atoms with Gasteiger partial charge in [-0.1, -0.05) is 0 Å². The fourth-order valence-electron chi connectivity index (χ4n) is 0.176. The normalized spacial score (nSPS) is 10.4. The SMILES string of the molecule is CC(=O)PPC(C)=O.[Pd]. The fraction of sp³-hybridized carbons (Fsp3) is 0.500. The van der Waals surface area contributed by atoms with Gasteiger partial charge in [0.1, 0.15) is 0 Å². The molecule has 0 aliphatic carbocycles. The molecule has 0 aromatic carbocycles. The van der Waals surface area contributed by atoms with Gasteiger partial charge in [-0.3, -0.25) is 9.59 Å². The molecule has 56 valence electrons. The summed E-state index contributed by atoms with van der Waals surface area (Å²) >= 11 is 0. The zero-order chi connectivity index (χ0) is 6.57. The smallest absolute Gasteiger partial charge is 0.152 e. The van der Waals surface area contributed by atoms with E-state index in [2.05, 4.69) is 0 Å². The molecule has 0 fully saturated rings. The van der Waals surface area contributed by atoms with Crippen molar-refractivity contribution in [1.82, 2.24) is 0 Å². The van der Waals surface area contributed by atoms with Crippen LogP contribution in [-0.2, 0) is 30.0 Å². The molecule has 0 rings (SSSR count). The van der Waals surface area contributed by atoms with Gasteiger partial charge in [-0.25, -0.2) is 0 Å². The molecule has 0 heterocycles. The van der Waals surface area contributed by atoms with Crippen LogP contribution in [0.4, 0.5) is 0 Å². The van der Waals surface area contributed by atoms with Crippen molar-refractivity contribution in [3.8, 4) is 0 Å². The molecule has 0 N–H and O–H groups in total. The Labute approximate surface area is 71.7 Å². The average molecular weight is 256 g/mol. The van der Waals surface area contributed by atoms with Crippen LogP contribution in [0.3, 0.4) is 0 Å². The van der Waals surface area contributed by atoms with E-state index in [0.717, 1.165) is 0 Å². The molecule has 0 aliphatic rings. The standard InChI is InChI=1S/C4H8O2P2.Pd/c1-3(5)7-8-4(2)6;/h7-8H,1-2H3;. The third-order valence-corrected chi connectivity index (χ3v) is 3.73. The van der Waals surface area contributed by atoms with Crippen molar-refractivity contribution in [1.29, 1.82) is 0 Å². The summed E-state index contributed by atoms with van der Waals surface area (Å²) < 4.78 is 0. The molecule has 0 saturated heterocycles. The van der Waals surface area contributed by atoms with Crippen LogP contribution in [0.1, 0.15) is 13.8 Å². The van der Waals surface area contributed by atoms with Crippen molar-refractivity contribution in [3.05, 3.63) is 0 Å². The molecule has 0 aromatic rings. The van der Waals surface area contributed by atoms with Gasteiger partial charge in [0.15, 0.2) is 11.0 Å². The van der Waals surface area contributed by atoms with E-state index < -0.39 is 0 Å². The minimum Gasteiger partial charge on any atom is -0.295 e. The summed E-state index contributed by atoms with van der Waals surface area (Å²) in [7, 11) is 0.417. The molecule has 0 amide bonds. The van der Waals surface area contributed by atoms with Gasteiger partial charge in [0, 0.05) is 20.4 Å². The van der Waals surface area contributed by atoms with E-state index in [1.165, 1.54) is 13.8 Å². The van der Waals surface area contributed by atoms with Crippen LogP contribution >= 0.6 is 16.5 Å². The van der Waals surface area contributed by atoms with Crippen LogP contribution in [0.25, 0.3) is 0 Å². The maximum absolute atomic E-state index is 10.2. The summed E-state index contributed by atoms with van der Waals surface area (Å²) in [6.07, 6.45) is 0. The summed E-state index contributed by atoms with van der Waals surface area (Å²) in [5.41, 5.74) is 0.247. The predicted octanol–water partition coefficient (Wildman–Crippen LogP) is 1.35. The van der Waals surface area contributed by atoms with Crippen LogP contribution in [0.2, 0.25) is 0 Å². The number of hydrogen-bond acceptors (Lipinski definition) is 2. The minimum absolute atomic E-state index is 0. The van der Waals surface area contributed by atoms with Crippen LogP contribution in [0, 0.1) is 0 Å². The average Bonchev–Trinajstić information content (AvgIpc) is 1.61. The molecule has 0 aliphatic heterocycles. The summed E-state index contributed by atoms with van der Waals surface area (Å²) in [5.74, 6) is 0. The minimum atomic E-state index is 0. The van der Waals surface area contributed by atoms with E-state index in [-0.39, 0.29) is 48.0 Å². The number of rotatable bonds is 3. The Morgan fingerprint density at radius 1 is 1.00 bits per heavy atom. The molecule has 0 spiro atoms. The molecule has 0 radical (unpaired) electrons. The first-order chi connectivity index (χ1) is 3.63. The molecule has 2 nitrogen and oxygen atoms in total. The van der Waals surface area contributed by atoms with E-state index in [0.29, 0.717) is 0 Å². The van der Waals surface area contributed by atoms with Gasteiger partial charge in [0.2, 0.25) is 0 Å². The van der Waals surface area contributed by atoms with Gasteiger partial charge >= 0.3 is 0 Å². The number of hydrogen-bond donors (Lipinski definition) is 0. The van der Waals surface area contributed by atoms with Crippen LogP contribution in [0.15, 0.2) is 0 Å². The fourth-order valence-corrected chi connectivity index (χ4v) is 1.58. The van der Waals surface area contributed by atoms with Crippen molar-refractivity contribution in [2.45, 2.75) is 13.8 Å². The molecule has 2 unspecified atom stereocenters. The molecule has 0 bridgehead atoms. The Hall–Kier alpha value is 0.862. The predicted molar refractivity (Wildman–Crippen MR) is 38.0 cm³/mol. The molecule has 5 heteroatoms. The Morgan fingerprint density at radius 2 is 1.22 bits per heavy atom. The number of carbonyl (C=O) groups excluding carboxylic acids is 2. The molecule has 2 atom stereocenters. The van der Waals surface area contributed by atoms with Crippen molar-refractivity contribution in [2.75, 3.05) is 0 Å². The molecule has 0 aromatic heterocycles. The second-order valence-electron chi connectivity index (χ2n) is 1.36. The molecular formula is C4H8O2P2Pd. The largest absolute Gasteiger partial charge is 0.295 e. The van der Waals surface area contributed by atoms with Crippen LogP contribution in [-0.4, -0.2) is 11.0 Å². The third-order valence-electron chi connectivity index (χ3n) is 0.415. The molecule has 9 heavy (non-hydrogen) atoms. The van der Waals surface area contributed by atoms with E-state index >= 15 is 0 Å². The van der Waals surface area contributed by atoms with Crippen molar-refractivity contribution < 1.29 is 30.0 Å². The van der Waals surface area contributed by atoms with E-state index in [1.807, 2.05) is 0 Å². The maximum Gasteiger partial charge on any atom is 0.152 e. The van der Waals surface area contributed by atoms with Gasteiger partial charge in [0.05, 0.1) is 0 Å². The zero-order valence-electron chi connectivity index (χ0n) is 5.13. The summed E-state index contributed by atoms with van der Waals surface area (Å²) in [6, 6.07) is 0. The topological polar surface area (TPSA) is 34.1 Å². The Morgan fingerprint density at radius 3 is 1.33 bits per heavy atom. The van der Waals surface area contributed by atoms with Gasteiger partial charge in [-0.2, -0.15) is 0 Å². The Balaban J connectivity index is 0. The van der Waals surface area contributed by atoms with Crippen molar-refractivity contribution in [3.63, 3.8) is 0 Å². The zero-order valence-corrected chi connectivity index (χ0v) is 8.69. The summed E-state index contributed by atoms with van der Waals surface area (Å²) in [5, 5.41) is 0. The van der Waals surface area contributed by atoms with Crippen LogP contribution < -0.4 is 0 Å². The van der Waals surface area contributed by atoms with Gasteiger partial charge in [0.25, 0.3) is 0 Å². The van der Waals surface area contributed by atoms with Gasteiger partial charge < -0.3 is 0 Å². The quantitative estimate of drug-likeness (QED) is 0.564. The van der Waals surface area contributed by atoms with E-state index in [4.69, 9.17) is 0 Å².